The molecule has 2 aromatic rings. The van der Waals surface area contributed by atoms with E-state index < -0.39 is 0 Å². The molecule has 0 fully saturated rings. The van der Waals surface area contributed by atoms with Crippen molar-refractivity contribution in [1.29, 1.82) is 0 Å². The van der Waals surface area contributed by atoms with Gasteiger partial charge in [0.25, 0.3) is 0 Å². The highest BCUT2D eigenvalue weighted by Gasteiger charge is 2.08. The fraction of sp³-hybridized carbons (Fsp3) is 0.125. The van der Waals surface area contributed by atoms with Gasteiger partial charge in [-0.25, -0.2) is 0 Å². The largest absolute Gasteiger partial charge is 0.363 e. The summed E-state index contributed by atoms with van der Waals surface area (Å²) in [5.74, 6) is 0. The number of benzene rings is 2. The molecule has 18 heavy (non-hydrogen) atoms. The summed E-state index contributed by atoms with van der Waals surface area (Å²) >= 11 is 2.38. The van der Waals surface area contributed by atoms with Gasteiger partial charge in [-0.1, -0.05) is 48.5 Å². The van der Waals surface area contributed by atoms with Crippen LogP contribution in [0.15, 0.2) is 67.3 Å². The second-order valence-corrected chi connectivity index (χ2v) is 5.27. The van der Waals surface area contributed by atoms with Crippen LogP contribution in [0, 0.1) is 3.57 Å². The highest BCUT2D eigenvalue weighted by molar-refractivity contribution is 14.1. The molecule has 0 spiro atoms. The summed E-state index contributed by atoms with van der Waals surface area (Å²) in [5.41, 5.74) is 2.58. The van der Waals surface area contributed by atoms with Crippen molar-refractivity contribution in [3.8, 4) is 0 Å². The van der Waals surface area contributed by atoms with Crippen molar-refractivity contribution in [2.45, 2.75) is 6.54 Å². The molecule has 0 radical (unpaired) electrons. The van der Waals surface area contributed by atoms with E-state index >= 15 is 0 Å². The van der Waals surface area contributed by atoms with Gasteiger partial charge in [0.15, 0.2) is 0 Å². The fourth-order valence-electron chi connectivity index (χ4n) is 1.92. The lowest BCUT2D eigenvalue weighted by Gasteiger charge is -2.24. The highest BCUT2D eigenvalue weighted by Crippen LogP contribution is 2.23. The quantitative estimate of drug-likeness (QED) is 0.568. The number of hydrogen-bond acceptors (Lipinski definition) is 1. The lowest BCUT2D eigenvalue weighted by molar-refractivity contribution is 0.865. The predicted molar refractivity (Wildman–Crippen MR) is 86.8 cm³/mol. The minimum Gasteiger partial charge on any atom is -0.363 e. The maximum Gasteiger partial charge on any atom is 0.0507 e. The lowest BCUT2D eigenvalue weighted by Crippen LogP contribution is -2.23. The molecular weight excluding hydrogens is 333 g/mol. The Morgan fingerprint density at radius 2 is 1.67 bits per heavy atom. The Balaban J connectivity index is 2.24. The highest BCUT2D eigenvalue weighted by atomic mass is 127. The normalized spacial score (nSPS) is 10.1. The van der Waals surface area contributed by atoms with Crippen molar-refractivity contribution in [1.82, 2.24) is 0 Å². The average molecular weight is 349 g/mol. The van der Waals surface area contributed by atoms with Crippen LogP contribution in [0.5, 0.6) is 0 Å². The van der Waals surface area contributed by atoms with E-state index in [-0.39, 0.29) is 0 Å². The van der Waals surface area contributed by atoms with Crippen molar-refractivity contribution in [3.63, 3.8) is 0 Å². The Kier molecular flexibility index (Phi) is 4.81. The summed E-state index contributed by atoms with van der Waals surface area (Å²) in [6.07, 6.45) is 1.95. The van der Waals surface area contributed by atoms with Gasteiger partial charge in [-0.3, -0.25) is 0 Å². The number of para-hydroxylation sites is 1. The van der Waals surface area contributed by atoms with Crippen LogP contribution in [0.2, 0.25) is 0 Å². The van der Waals surface area contributed by atoms with Crippen molar-refractivity contribution in [2.75, 3.05) is 11.4 Å². The van der Waals surface area contributed by atoms with Crippen LogP contribution in [-0.2, 0) is 6.54 Å². The number of halogens is 1. The van der Waals surface area contributed by atoms with Gasteiger partial charge in [0, 0.05) is 16.7 Å². The molecule has 0 amide bonds. The summed E-state index contributed by atoms with van der Waals surface area (Å²) in [6.45, 7) is 5.62. The maximum atomic E-state index is 3.85. The smallest absolute Gasteiger partial charge is 0.0507 e. The summed E-state index contributed by atoms with van der Waals surface area (Å²) < 4.78 is 1.27. The van der Waals surface area contributed by atoms with Gasteiger partial charge >= 0.3 is 0 Å². The molecule has 0 aromatic heterocycles. The van der Waals surface area contributed by atoms with Crippen LogP contribution in [0.1, 0.15) is 5.56 Å². The van der Waals surface area contributed by atoms with E-state index in [1.54, 1.807) is 0 Å². The third kappa shape index (κ3) is 3.35. The first-order valence-electron chi connectivity index (χ1n) is 5.95. The summed E-state index contributed by atoms with van der Waals surface area (Å²) in [5, 5.41) is 0. The molecule has 0 saturated heterocycles. The number of anilines is 1. The lowest BCUT2D eigenvalue weighted by atomic mass is 10.2. The molecule has 0 aliphatic carbocycles. The predicted octanol–water partition coefficient (Wildman–Crippen LogP) is 4.48. The van der Waals surface area contributed by atoms with Crippen LogP contribution in [-0.4, -0.2) is 6.54 Å². The molecule has 0 aliphatic heterocycles. The Morgan fingerprint density at radius 1 is 1.00 bits per heavy atom. The van der Waals surface area contributed by atoms with Crippen molar-refractivity contribution in [3.05, 3.63) is 76.4 Å². The number of rotatable bonds is 5. The summed E-state index contributed by atoms with van der Waals surface area (Å²) in [4.78, 5) is 2.34. The Labute approximate surface area is 122 Å². The Bertz CT molecular complexity index is 508. The van der Waals surface area contributed by atoms with Gasteiger partial charge in [0.1, 0.15) is 0 Å². The second kappa shape index (κ2) is 6.59. The zero-order valence-electron chi connectivity index (χ0n) is 10.2. The van der Waals surface area contributed by atoms with E-state index in [1.165, 1.54) is 14.8 Å². The third-order valence-electron chi connectivity index (χ3n) is 2.76. The third-order valence-corrected chi connectivity index (χ3v) is 3.67. The molecule has 2 rings (SSSR count). The van der Waals surface area contributed by atoms with Crippen LogP contribution in [0.4, 0.5) is 5.69 Å². The van der Waals surface area contributed by atoms with Gasteiger partial charge in [-0.15, -0.1) is 6.58 Å². The molecular formula is C16H16IN. The Morgan fingerprint density at radius 3 is 2.33 bits per heavy atom. The first kappa shape index (κ1) is 13.1. The molecule has 0 aliphatic rings. The molecule has 0 bridgehead atoms. The minimum atomic E-state index is 0.856. The van der Waals surface area contributed by atoms with Gasteiger partial charge in [-0.2, -0.15) is 0 Å². The van der Waals surface area contributed by atoms with Gasteiger partial charge in [-0.05, 0) is 40.3 Å². The molecule has 0 N–H and O–H groups in total. The minimum absolute atomic E-state index is 0.856. The van der Waals surface area contributed by atoms with Crippen molar-refractivity contribution in [2.24, 2.45) is 0 Å². The van der Waals surface area contributed by atoms with Gasteiger partial charge < -0.3 is 4.90 Å². The number of hydrogen-bond donors (Lipinski definition) is 0. The molecule has 0 unspecified atom stereocenters. The maximum absolute atomic E-state index is 3.85. The van der Waals surface area contributed by atoms with E-state index in [9.17, 15) is 0 Å². The first-order valence-corrected chi connectivity index (χ1v) is 7.03. The summed E-state index contributed by atoms with van der Waals surface area (Å²) in [6, 6.07) is 19.0. The Hall–Kier alpha value is -1.29. The van der Waals surface area contributed by atoms with Crippen molar-refractivity contribution < 1.29 is 0 Å². The molecule has 92 valence electrons. The van der Waals surface area contributed by atoms with Crippen LogP contribution in [0.3, 0.4) is 0 Å². The molecule has 1 nitrogen and oxygen atoms in total. The van der Waals surface area contributed by atoms with E-state index in [2.05, 4.69) is 82.6 Å². The molecule has 2 heteroatoms. The van der Waals surface area contributed by atoms with E-state index in [0.717, 1.165) is 13.1 Å². The number of nitrogens with zero attached hydrogens (tertiary/aromatic N) is 1. The molecule has 0 saturated carbocycles. The van der Waals surface area contributed by atoms with E-state index in [1.807, 2.05) is 12.1 Å². The van der Waals surface area contributed by atoms with Gasteiger partial charge in [0.2, 0.25) is 0 Å². The van der Waals surface area contributed by atoms with Gasteiger partial charge in [0.05, 0.1) is 5.69 Å². The standard InChI is InChI=1S/C16H16IN/c1-2-12-18(13-14-8-4-3-5-9-14)16-11-7-6-10-15(16)17/h2-11H,1,12-13H2. The monoisotopic (exact) mass is 349 g/mol. The topological polar surface area (TPSA) is 3.24 Å². The van der Waals surface area contributed by atoms with Crippen LogP contribution in [0.25, 0.3) is 0 Å². The average Bonchev–Trinajstić information content (AvgIpc) is 2.40. The second-order valence-electron chi connectivity index (χ2n) is 4.11. The zero-order valence-corrected chi connectivity index (χ0v) is 12.4. The summed E-state index contributed by atoms with van der Waals surface area (Å²) in [7, 11) is 0. The molecule has 0 heterocycles. The molecule has 2 aromatic carbocycles. The zero-order chi connectivity index (χ0) is 12.8. The molecule has 0 atom stereocenters. The van der Waals surface area contributed by atoms with Crippen LogP contribution < -0.4 is 4.90 Å². The SMILES string of the molecule is C=CCN(Cc1ccccc1)c1ccccc1I. The van der Waals surface area contributed by atoms with E-state index in [4.69, 9.17) is 0 Å². The van der Waals surface area contributed by atoms with Crippen molar-refractivity contribution >= 4 is 28.3 Å². The first-order chi connectivity index (χ1) is 8.81. The van der Waals surface area contributed by atoms with Crippen LogP contribution >= 0.6 is 22.6 Å². The van der Waals surface area contributed by atoms with E-state index in [0.29, 0.717) is 0 Å². The fourth-order valence-corrected chi connectivity index (χ4v) is 2.64.